The first-order valence-electron chi connectivity index (χ1n) is 6.86. The highest BCUT2D eigenvalue weighted by molar-refractivity contribution is 9.10. The largest absolute Gasteiger partial charge is 0.368 e. The molecule has 1 fully saturated rings. The second-order valence-electron chi connectivity index (χ2n) is 5.20. The Morgan fingerprint density at radius 1 is 1.45 bits per heavy atom. The topological polar surface area (TPSA) is 50.4 Å². The number of aryl methyl sites for hydroxylation is 1. The summed E-state index contributed by atoms with van der Waals surface area (Å²) in [6.45, 7) is 4.22. The molecule has 2 rings (SSSR count). The molecule has 20 heavy (non-hydrogen) atoms. The van der Waals surface area contributed by atoms with Crippen LogP contribution in [0.1, 0.15) is 24.0 Å². The first-order valence-corrected chi connectivity index (χ1v) is 7.66. The van der Waals surface area contributed by atoms with Crippen molar-refractivity contribution in [3.8, 4) is 0 Å². The van der Waals surface area contributed by atoms with Crippen molar-refractivity contribution in [2.45, 2.75) is 31.9 Å². The van der Waals surface area contributed by atoms with Crippen molar-refractivity contribution in [2.75, 3.05) is 20.2 Å². The lowest BCUT2D eigenvalue weighted by atomic mass is 9.91. The van der Waals surface area contributed by atoms with Crippen LogP contribution in [-0.4, -0.2) is 31.7 Å². The van der Waals surface area contributed by atoms with E-state index in [9.17, 15) is 4.79 Å². The van der Waals surface area contributed by atoms with Gasteiger partial charge >= 0.3 is 0 Å². The van der Waals surface area contributed by atoms with Crippen molar-refractivity contribution in [3.63, 3.8) is 0 Å². The van der Waals surface area contributed by atoms with Gasteiger partial charge in [0.1, 0.15) is 5.60 Å². The minimum absolute atomic E-state index is 0.0104. The van der Waals surface area contributed by atoms with Crippen molar-refractivity contribution < 1.29 is 9.53 Å². The normalized spacial score (nSPS) is 17.8. The number of rotatable bonds is 4. The van der Waals surface area contributed by atoms with Crippen molar-refractivity contribution in [3.05, 3.63) is 33.8 Å². The van der Waals surface area contributed by atoms with Crippen LogP contribution in [-0.2, 0) is 16.1 Å². The molecule has 0 saturated carbocycles. The molecule has 0 aromatic heterocycles. The fourth-order valence-electron chi connectivity index (χ4n) is 2.55. The minimum atomic E-state index is -0.672. The van der Waals surface area contributed by atoms with Crippen LogP contribution in [0.15, 0.2) is 22.7 Å². The van der Waals surface area contributed by atoms with Gasteiger partial charge in [0.25, 0.3) is 5.91 Å². The number of hydrogen-bond donors (Lipinski definition) is 2. The fraction of sp³-hybridized carbons (Fsp3) is 0.533. The lowest BCUT2D eigenvalue weighted by Crippen LogP contribution is -2.53. The molecule has 1 heterocycles. The number of piperidine rings is 1. The molecule has 0 radical (unpaired) electrons. The van der Waals surface area contributed by atoms with E-state index in [2.05, 4.69) is 32.6 Å². The van der Waals surface area contributed by atoms with E-state index < -0.39 is 5.60 Å². The third kappa shape index (κ3) is 3.40. The van der Waals surface area contributed by atoms with E-state index in [0.29, 0.717) is 19.4 Å². The van der Waals surface area contributed by atoms with E-state index in [4.69, 9.17) is 4.74 Å². The zero-order valence-corrected chi connectivity index (χ0v) is 13.5. The number of amides is 1. The number of benzene rings is 1. The number of methoxy groups -OCH3 is 1. The zero-order chi connectivity index (χ0) is 14.6. The van der Waals surface area contributed by atoms with Gasteiger partial charge in [-0.15, -0.1) is 0 Å². The molecular formula is C15H21BrN2O2. The van der Waals surface area contributed by atoms with Gasteiger partial charge in [-0.3, -0.25) is 4.79 Å². The predicted molar refractivity (Wildman–Crippen MR) is 82.6 cm³/mol. The molecule has 110 valence electrons. The van der Waals surface area contributed by atoms with E-state index in [-0.39, 0.29) is 5.91 Å². The second-order valence-corrected chi connectivity index (χ2v) is 6.12. The average molecular weight is 341 g/mol. The average Bonchev–Trinajstić information content (AvgIpc) is 2.46. The molecule has 1 amide bonds. The van der Waals surface area contributed by atoms with Crippen molar-refractivity contribution in [1.82, 2.24) is 10.6 Å². The summed E-state index contributed by atoms with van der Waals surface area (Å²) in [6.07, 6.45) is 1.43. The molecule has 2 N–H and O–H groups in total. The Balaban J connectivity index is 2.00. The maximum absolute atomic E-state index is 12.4. The summed E-state index contributed by atoms with van der Waals surface area (Å²) < 4.78 is 6.57. The van der Waals surface area contributed by atoms with Gasteiger partial charge in [-0.05, 0) is 56.1 Å². The first-order chi connectivity index (χ1) is 9.57. The van der Waals surface area contributed by atoms with E-state index in [1.54, 1.807) is 7.11 Å². The number of carbonyl (C=O) groups is 1. The van der Waals surface area contributed by atoms with Gasteiger partial charge in [-0.2, -0.15) is 0 Å². The summed E-state index contributed by atoms with van der Waals surface area (Å²) in [7, 11) is 1.62. The van der Waals surface area contributed by atoms with Crippen LogP contribution < -0.4 is 10.6 Å². The Bertz CT molecular complexity index is 485. The Morgan fingerprint density at radius 2 is 2.15 bits per heavy atom. The maximum atomic E-state index is 12.4. The molecule has 0 aliphatic carbocycles. The standard InChI is InChI=1S/C15H21BrN2O2/c1-11-9-13(16)4-3-12(11)10-18-14(19)15(20-2)5-7-17-8-6-15/h3-4,9,17H,5-8,10H2,1-2H3,(H,18,19). The fourth-order valence-corrected chi connectivity index (χ4v) is 3.02. The van der Waals surface area contributed by atoms with Gasteiger partial charge in [0.2, 0.25) is 0 Å². The molecule has 0 bridgehead atoms. The third-order valence-corrected chi connectivity index (χ3v) is 4.45. The third-order valence-electron chi connectivity index (χ3n) is 3.96. The number of nitrogens with one attached hydrogen (secondary N) is 2. The molecule has 5 heteroatoms. The van der Waals surface area contributed by atoms with Crippen LogP contribution >= 0.6 is 15.9 Å². The number of hydrogen-bond acceptors (Lipinski definition) is 3. The molecule has 0 atom stereocenters. The minimum Gasteiger partial charge on any atom is -0.368 e. The number of ether oxygens (including phenoxy) is 1. The van der Waals surface area contributed by atoms with Crippen molar-refractivity contribution in [1.29, 1.82) is 0 Å². The van der Waals surface area contributed by atoms with Crippen LogP contribution in [0.4, 0.5) is 0 Å². The highest BCUT2D eigenvalue weighted by atomic mass is 79.9. The molecule has 1 aromatic rings. The number of carbonyl (C=O) groups excluding carboxylic acids is 1. The lowest BCUT2D eigenvalue weighted by Gasteiger charge is -2.34. The van der Waals surface area contributed by atoms with Crippen LogP contribution in [0, 0.1) is 6.92 Å². The summed E-state index contributed by atoms with van der Waals surface area (Å²) in [5, 5.41) is 6.27. The molecule has 0 spiro atoms. The van der Waals surface area contributed by atoms with Crippen molar-refractivity contribution in [2.24, 2.45) is 0 Å². The highest BCUT2D eigenvalue weighted by Gasteiger charge is 2.39. The molecule has 1 saturated heterocycles. The Hall–Kier alpha value is -0.910. The van der Waals surface area contributed by atoms with Crippen LogP contribution in [0.2, 0.25) is 0 Å². The summed E-state index contributed by atoms with van der Waals surface area (Å²) in [4.78, 5) is 12.4. The van der Waals surface area contributed by atoms with Gasteiger partial charge in [0.05, 0.1) is 0 Å². The second kappa shape index (κ2) is 6.70. The van der Waals surface area contributed by atoms with Crippen LogP contribution in [0.3, 0.4) is 0 Å². The van der Waals surface area contributed by atoms with E-state index >= 15 is 0 Å². The molecule has 1 aliphatic rings. The molecule has 4 nitrogen and oxygen atoms in total. The summed E-state index contributed by atoms with van der Waals surface area (Å²) >= 11 is 3.44. The monoisotopic (exact) mass is 340 g/mol. The SMILES string of the molecule is COC1(C(=O)NCc2ccc(Br)cc2C)CCNCC1. The predicted octanol–water partition coefficient (Wildman–Crippen LogP) is 2.14. The van der Waals surface area contributed by atoms with Gasteiger partial charge in [0.15, 0.2) is 0 Å². The van der Waals surface area contributed by atoms with Gasteiger partial charge in [-0.25, -0.2) is 0 Å². The maximum Gasteiger partial charge on any atom is 0.252 e. The quantitative estimate of drug-likeness (QED) is 0.882. The van der Waals surface area contributed by atoms with E-state index in [0.717, 1.165) is 28.7 Å². The summed E-state index contributed by atoms with van der Waals surface area (Å²) in [5.41, 5.74) is 1.62. The lowest BCUT2D eigenvalue weighted by molar-refractivity contribution is -0.146. The Kier molecular flexibility index (Phi) is 5.18. The molecule has 1 aliphatic heterocycles. The Labute approximate surface area is 128 Å². The van der Waals surface area contributed by atoms with Crippen LogP contribution in [0.5, 0.6) is 0 Å². The van der Waals surface area contributed by atoms with Gasteiger partial charge in [0, 0.05) is 18.1 Å². The molecule has 0 unspecified atom stereocenters. The Morgan fingerprint density at radius 3 is 2.75 bits per heavy atom. The summed E-state index contributed by atoms with van der Waals surface area (Å²) in [6, 6.07) is 6.07. The summed E-state index contributed by atoms with van der Waals surface area (Å²) in [5.74, 6) is -0.0104. The zero-order valence-electron chi connectivity index (χ0n) is 12.0. The van der Waals surface area contributed by atoms with Crippen LogP contribution in [0.25, 0.3) is 0 Å². The molecule has 1 aromatic carbocycles. The first kappa shape index (κ1) is 15.5. The van der Waals surface area contributed by atoms with Gasteiger partial charge < -0.3 is 15.4 Å². The van der Waals surface area contributed by atoms with E-state index in [1.165, 1.54) is 0 Å². The highest BCUT2D eigenvalue weighted by Crippen LogP contribution is 2.23. The van der Waals surface area contributed by atoms with E-state index in [1.807, 2.05) is 19.1 Å². The smallest absolute Gasteiger partial charge is 0.252 e. The van der Waals surface area contributed by atoms with Crippen molar-refractivity contribution >= 4 is 21.8 Å². The molecular weight excluding hydrogens is 320 g/mol. The van der Waals surface area contributed by atoms with Gasteiger partial charge in [-0.1, -0.05) is 22.0 Å². The number of halogens is 1.